The molecule has 21 heavy (non-hydrogen) atoms. The first-order chi connectivity index (χ1) is 10.2. The Morgan fingerprint density at radius 1 is 1.33 bits per heavy atom. The maximum Gasteiger partial charge on any atom is 0.250 e. The van der Waals surface area contributed by atoms with Gasteiger partial charge in [0.25, 0.3) is 0 Å². The predicted molar refractivity (Wildman–Crippen MR) is 84.2 cm³/mol. The number of benzene rings is 1. The summed E-state index contributed by atoms with van der Waals surface area (Å²) in [4.78, 5) is 18.1. The molecule has 2 heterocycles. The SMILES string of the molecule is N#CCN1C(=O)CN=C(c2ccc(Cl)cc2)c2ccsc21. The summed E-state index contributed by atoms with van der Waals surface area (Å²) in [5.41, 5.74) is 2.55. The number of nitriles is 1. The van der Waals surface area contributed by atoms with Gasteiger partial charge in [0.1, 0.15) is 18.1 Å². The molecule has 4 nitrogen and oxygen atoms in total. The number of thiophene rings is 1. The van der Waals surface area contributed by atoms with Gasteiger partial charge >= 0.3 is 0 Å². The van der Waals surface area contributed by atoms with Gasteiger partial charge in [0.05, 0.1) is 11.8 Å². The summed E-state index contributed by atoms with van der Waals surface area (Å²) >= 11 is 7.35. The largest absolute Gasteiger partial charge is 0.288 e. The Morgan fingerprint density at radius 2 is 2.10 bits per heavy atom. The molecule has 1 aromatic heterocycles. The summed E-state index contributed by atoms with van der Waals surface area (Å²) in [6.07, 6.45) is 0. The van der Waals surface area contributed by atoms with E-state index in [0.717, 1.165) is 21.8 Å². The molecule has 0 N–H and O–H groups in total. The molecule has 104 valence electrons. The van der Waals surface area contributed by atoms with Gasteiger partial charge in [-0.2, -0.15) is 5.26 Å². The molecule has 3 rings (SSSR count). The van der Waals surface area contributed by atoms with Gasteiger partial charge in [0.15, 0.2) is 0 Å². The van der Waals surface area contributed by atoms with Crippen molar-refractivity contribution >= 4 is 39.6 Å². The third kappa shape index (κ3) is 2.56. The number of anilines is 1. The highest BCUT2D eigenvalue weighted by atomic mass is 35.5. The maximum atomic E-state index is 12.1. The number of amides is 1. The van der Waals surface area contributed by atoms with Crippen LogP contribution in [0.25, 0.3) is 0 Å². The van der Waals surface area contributed by atoms with E-state index < -0.39 is 0 Å². The molecular formula is C15H10ClN3OS. The van der Waals surface area contributed by atoms with E-state index in [1.54, 1.807) is 12.1 Å². The summed E-state index contributed by atoms with van der Waals surface area (Å²) in [5.74, 6) is -0.163. The molecule has 0 aliphatic carbocycles. The molecule has 1 amide bonds. The number of halogens is 1. The molecule has 1 aromatic carbocycles. The van der Waals surface area contributed by atoms with Crippen LogP contribution < -0.4 is 4.90 Å². The van der Waals surface area contributed by atoms with Crippen molar-refractivity contribution in [3.05, 3.63) is 51.9 Å². The van der Waals surface area contributed by atoms with Gasteiger partial charge in [0, 0.05) is 16.1 Å². The van der Waals surface area contributed by atoms with Gasteiger partial charge in [-0.15, -0.1) is 11.3 Å². The van der Waals surface area contributed by atoms with E-state index in [2.05, 4.69) is 4.99 Å². The average molecular weight is 316 g/mol. The predicted octanol–water partition coefficient (Wildman–Crippen LogP) is 3.11. The molecule has 2 aromatic rings. The van der Waals surface area contributed by atoms with Crippen LogP contribution >= 0.6 is 22.9 Å². The van der Waals surface area contributed by atoms with Gasteiger partial charge in [-0.1, -0.05) is 23.7 Å². The number of rotatable bonds is 2. The third-order valence-corrected chi connectivity index (χ3v) is 4.35. The van der Waals surface area contributed by atoms with Crippen LogP contribution in [-0.4, -0.2) is 24.7 Å². The van der Waals surface area contributed by atoms with Crippen LogP contribution in [0.2, 0.25) is 5.02 Å². The number of aliphatic imine (C=N–C) groups is 1. The Bertz CT molecular complexity index is 758. The van der Waals surface area contributed by atoms with Crippen molar-refractivity contribution < 1.29 is 4.79 Å². The normalized spacial score (nSPS) is 14.2. The van der Waals surface area contributed by atoms with Crippen molar-refractivity contribution in [3.63, 3.8) is 0 Å². The fraction of sp³-hybridized carbons (Fsp3) is 0.133. The van der Waals surface area contributed by atoms with E-state index in [4.69, 9.17) is 16.9 Å². The zero-order valence-electron chi connectivity index (χ0n) is 10.9. The van der Waals surface area contributed by atoms with Gasteiger partial charge in [-0.3, -0.25) is 14.7 Å². The van der Waals surface area contributed by atoms with Crippen molar-refractivity contribution in [1.29, 1.82) is 5.26 Å². The fourth-order valence-electron chi connectivity index (χ4n) is 2.21. The number of carbonyl (C=O) groups is 1. The minimum absolute atomic E-state index is 0.0375. The van der Waals surface area contributed by atoms with Crippen LogP contribution in [0.5, 0.6) is 0 Å². The highest BCUT2D eigenvalue weighted by Gasteiger charge is 2.25. The molecule has 0 radical (unpaired) electrons. The number of carbonyl (C=O) groups excluding carboxylic acids is 1. The third-order valence-electron chi connectivity index (χ3n) is 3.17. The number of nitrogens with zero attached hydrogens (tertiary/aromatic N) is 3. The molecular weight excluding hydrogens is 306 g/mol. The first-order valence-electron chi connectivity index (χ1n) is 6.26. The van der Waals surface area contributed by atoms with E-state index in [9.17, 15) is 4.79 Å². The van der Waals surface area contributed by atoms with Crippen molar-refractivity contribution in [2.75, 3.05) is 18.0 Å². The lowest BCUT2D eigenvalue weighted by atomic mass is 10.0. The lowest BCUT2D eigenvalue weighted by Crippen LogP contribution is -2.32. The maximum absolute atomic E-state index is 12.1. The van der Waals surface area contributed by atoms with Crippen LogP contribution in [-0.2, 0) is 4.79 Å². The first-order valence-corrected chi connectivity index (χ1v) is 7.52. The van der Waals surface area contributed by atoms with Gasteiger partial charge < -0.3 is 0 Å². The topological polar surface area (TPSA) is 56.5 Å². The summed E-state index contributed by atoms with van der Waals surface area (Å²) in [7, 11) is 0. The van der Waals surface area contributed by atoms with Crippen molar-refractivity contribution in [2.24, 2.45) is 4.99 Å². The van der Waals surface area contributed by atoms with E-state index in [1.807, 2.05) is 29.6 Å². The highest BCUT2D eigenvalue weighted by Crippen LogP contribution is 2.32. The van der Waals surface area contributed by atoms with E-state index in [0.29, 0.717) is 5.02 Å². The summed E-state index contributed by atoms with van der Waals surface area (Å²) < 4.78 is 0. The highest BCUT2D eigenvalue weighted by molar-refractivity contribution is 7.15. The van der Waals surface area contributed by atoms with E-state index in [-0.39, 0.29) is 19.0 Å². The zero-order chi connectivity index (χ0) is 14.8. The lowest BCUT2D eigenvalue weighted by Gasteiger charge is -2.16. The standard InChI is InChI=1S/C15H10ClN3OS/c16-11-3-1-10(2-4-11)14-12-5-8-21-15(12)19(7-6-17)13(20)9-18-14/h1-5,8H,7,9H2. The Morgan fingerprint density at radius 3 is 2.81 bits per heavy atom. The Labute approximate surface area is 130 Å². The lowest BCUT2D eigenvalue weighted by molar-refractivity contribution is -0.117. The minimum atomic E-state index is -0.163. The smallest absolute Gasteiger partial charge is 0.250 e. The number of hydrogen-bond donors (Lipinski definition) is 0. The van der Waals surface area contributed by atoms with E-state index in [1.165, 1.54) is 16.2 Å². The number of hydrogen-bond acceptors (Lipinski definition) is 4. The van der Waals surface area contributed by atoms with Crippen molar-refractivity contribution in [3.8, 4) is 6.07 Å². The molecule has 1 aliphatic heterocycles. The molecule has 1 aliphatic rings. The van der Waals surface area contributed by atoms with Gasteiger partial charge in [0.2, 0.25) is 5.91 Å². The van der Waals surface area contributed by atoms with Crippen molar-refractivity contribution in [2.45, 2.75) is 0 Å². The molecule has 0 fully saturated rings. The number of fused-ring (bicyclic) bond motifs is 1. The quantitative estimate of drug-likeness (QED) is 0.800. The second-order valence-electron chi connectivity index (χ2n) is 4.45. The molecule has 0 atom stereocenters. The van der Waals surface area contributed by atoms with Crippen molar-refractivity contribution in [1.82, 2.24) is 0 Å². The van der Waals surface area contributed by atoms with Crippen LogP contribution in [0.4, 0.5) is 5.00 Å². The second kappa shape index (κ2) is 5.68. The van der Waals surface area contributed by atoms with E-state index >= 15 is 0 Å². The molecule has 0 spiro atoms. The van der Waals surface area contributed by atoms with Crippen LogP contribution in [0.1, 0.15) is 11.1 Å². The fourth-order valence-corrected chi connectivity index (χ4v) is 3.25. The molecule has 0 saturated heterocycles. The zero-order valence-corrected chi connectivity index (χ0v) is 12.5. The Hall–Kier alpha value is -2.16. The summed E-state index contributed by atoms with van der Waals surface area (Å²) in [6, 6.07) is 11.3. The van der Waals surface area contributed by atoms with Crippen LogP contribution in [0.3, 0.4) is 0 Å². The van der Waals surface area contributed by atoms with Crippen LogP contribution in [0, 0.1) is 11.3 Å². The first kappa shape index (κ1) is 13.8. The minimum Gasteiger partial charge on any atom is -0.288 e. The van der Waals surface area contributed by atoms with Crippen LogP contribution in [0.15, 0.2) is 40.7 Å². The molecule has 0 unspecified atom stereocenters. The molecule has 6 heteroatoms. The van der Waals surface area contributed by atoms with Gasteiger partial charge in [-0.05, 0) is 23.6 Å². The Kier molecular flexibility index (Phi) is 3.74. The molecule has 0 bridgehead atoms. The molecule has 0 saturated carbocycles. The Balaban J connectivity index is 2.10. The second-order valence-corrected chi connectivity index (χ2v) is 5.78. The summed E-state index contributed by atoms with van der Waals surface area (Å²) in [6.45, 7) is 0.0802. The summed E-state index contributed by atoms with van der Waals surface area (Å²) in [5, 5.41) is 12.2. The monoisotopic (exact) mass is 315 g/mol. The van der Waals surface area contributed by atoms with Gasteiger partial charge in [-0.25, -0.2) is 0 Å². The average Bonchev–Trinajstić information content (AvgIpc) is 2.91.